The number of hydrogen-bond acceptors (Lipinski definition) is 2. The van der Waals surface area contributed by atoms with Crippen molar-refractivity contribution in [2.24, 2.45) is 11.7 Å². The van der Waals surface area contributed by atoms with Crippen molar-refractivity contribution < 1.29 is 0 Å². The molecule has 0 saturated heterocycles. The maximum Gasteiger partial charge on any atom is 0.0164 e. The average molecular weight is 170 g/mol. The number of nitrogens with two attached hydrogens (primary N) is 1. The van der Waals surface area contributed by atoms with Gasteiger partial charge in [0.2, 0.25) is 0 Å². The molecule has 72 valence electrons. The van der Waals surface area contributed by atoms with E-state index in [0.29, 0.717) is 6.04 Å². The van der Waals surface area contributed by atoms with Crippen LogP contribution in [0.1, 0.15) is 39.5 Å². The van der Waals surface area contributed by atoms with Gasteiger partial charge in [0.15, 0.2) is 0 Å². The second-order valence-corrected chi connectivity index (χ2v) is 4.26. The molecule has 3 N–H and O–H groups in total. The molecule has 1 atom stereocenters. The molecule has 1 rings (SSSR count). The molecule has 0 aromatic rings. The van der Waals surface area contributed by atoms with Crippen molar-refractivity contribution in [3.63, 3.8) is 0 Å². The van der Waals surface area contributed by atoms with Gasteiger partial charge in [-0.3, -0.25) is 0 Å². The SMILES string of the molecule is CC1CCC(NC(C)CN)CC1. The smallest absolute Gasteiger partial charge is 0.0164 e. The van der Waals surface area contributed by atoms with Crippen molar-refractivity contribution >= 4 is 0 Å². The first-order valence-corrected chi connectivity index (χ1v) is 5.18. The molecule has 2 nitrogen and oxygen atoms in total. The monoisotopic (exact) mass is 170 g/mol. The van der Waals surface area contributed by atoms with Crippen LogP contribution in [0, 0.1) is 5.92 Å². The fourth-order valence-corrected chi connectivity index (χ4v) is 1.90. The van der Waals surface area contributed by atoms with Gasteiger partial charge in [0.25, 0.3) is 0 Å². The predicted octanol–water partition coefficient (Wildman–Crippen LogP) is 1.50. The fourth-order valence-electron chi connectivity index (χ4n) is 1.90. The summed E-state index contributed by atoms with van der Waals surface area (Å²) < 4.78 is 0. The second kappa shape index (κ2) is 4.83. The summed E-state index contributed by atoms with van der Waals surface area (Å²) in [5.74, 6) is 0.941. The molecule has 12 heavy (non-hydrogen) atoms. The highest BCUT2D eigenvalue weighted by Crippen LogP contribution is 2.23. The lowest BCUT2D eigenvalue weighted by atomic mass is 9.87. The van der Waals surface area contributed by atoms with E-state index >= 15 is 0 Å². The highest BCUT2D eigenvalue weighted by atomic mass is 15.0. The standard InChI is InChI=1S/C10H22N2/c1-8-3-5-10(6-4-8)12-9(2)7-11/h8-10,12H,3-7,11H2,1-2H3. The van der Waals surface area contributed by atoms with Crippen molar-refractivity contribution in [3.8, 4) is 0 Å². The molecule has 2 heteroatoms. The summed E-state index contributed by atoms with van der Waals surface area (Å²) in [5.41, 5.74) is 5.55. The predicted molar refractivity (Wildman–Crippen MR) is 53.1 cm³/mol. The fraction of sp³-hybridized carbons (Fsp3) is 1.00. The highest BCUT2D eigenvalue weighted by molar-refractivity contribution is 4.77. The Kier molecular flexibility index (Phi) is 4.02. The number of hydrogen-bond donors (Lipinski definition) is 2. The zero-order valence-corrected chi connectivity index (χ0v) is 8.34. The highest BCUT2D eigenvalue weighted by Gasteiger charge is 2.18. The summed E-state index contributed by atoms with van der Waals surface area (Å²) >= 11 is 0. The lowest BCUT2D eigenvalue weighted by Crippen LogP contribution is -2.42. The van der Waals surface area contributed by atoms with Crippen molar-refractivity contribution in [2.75, 3.05) is 6.54 Å². The molecule has 0 heterocycles. The molecule has 0 aliphatic heterocycles. The van der Waals surface area contributed by atoms with Crippen molar-refractivity contribution in [1.82, 2.24) is 5.32 Å². The molecule has 1 saturated carbocycles. The van der Waals surface area contributed by atoms with Crippen LogP contribution in [0.5, 0.6) is 0 Å². The van der Waals surface area contributed by atoms with Gasteiger partial charge in [-0.2, -0.15) is 0 Å². The average Bonchev–Trinajstić information content (AvgIpc) is 2.09. The molecule has 0 amide bonds. The van der Waals surface area contributed by atoms with E-state index in [-0.39, 0.29) is 0 Å². The quantitative estimate of drug-likeness (QED) is 0.673. The van der Waals surface area contributed by atoms with Crippen molar-refractivity contribution in [2.45, 2.75) is 51.6 Å². The van der Waals surface area contributed by atoms with E-state index < -0.39 is 0 Å². The van der Waals surface area contributed by atoms with Gasteiger partial charge in [-0.15, -0.1) is 0 Å². The molecule has 0 bridgehead atoms. The zero-order valence-electron chi connectivity index (χ0n) is 8.34. The van der Waals surface area contributed by atoms with Crippen LogP contribution < -0.4 is 11.1 Å². The van der Waals surface area contributed by atoms with Crippen LogP contribution in [-0.4, -0.2) is 18.6 Å². The van der Waals surface area contributed by atoms with Crippen LogP contribution in [-0.2, 0) is 0 Å². The molecule has 1 aliphatic carbocycles. The maximum atomic E-state index is 5.55. The van der Waals surface area contributed by atoms with Gasteiger partial charge in [-0.05, 0) is 38.5 Å². The van der Waals surface area contributed by atoms with Crippen LogP contribution in [0.3, 0.4) is 0 Å². The van der Waals surface area contributed by atoms with E-state index in [4.69, 9.17) is 5.73 Å². The minimum Gasteiger partial charge on any atom is -0.329 e. The summed E-state index contributed by atoms with van der Waals surface area (Å²) in [4.78, 5) is 0. The molecule has 0 aromatic heterocycles. The zero-order chi connectivity index (χ0) is 8.97. The van der Waals surface area contributed by atoms with E-state index in [1.54, 1.807) is 0 Å². The normalized spacial score (nSPS) is 33.2. The van der Waals surface area contributed by atoms with Crippen molar-refractivity contribution in [1.29, 1.82) is 0 Å². The summed E-state index contributed by atoms with van der Waals surface area (Å²) in [6.07, 6.45) is 5.45. The van der Waals surface area contributed by atoms with E-state index in [9.17, 15) is 0 Å². The Bertz CT molecular complexity index is 117. The van der Waals surface area contributed by atoms with Gasteiger partial charge in [-0.25, -0.2) is 0 Å². The van der Waals surface area contributed by atoms with Crippen LogP contribution in [0.25, 0.3) is 0 Å². The van der Waals surface area contributed by atoms with E-state index in [0.717, 1.165) is 18.5 Å². The number of rotatable bonds is 3. The Morgan fingerprint density at radius 2 is 1.92 bits per heavy atom. The molecule has 0 spiro atoms. The first-order valence-electron chi connectivity index (χ1n) is 5.18. The number of nitrogens with one attached hydrogen (secondary N) is 1. The van der Waals surface area contributed by atoms with E-state index in [1.807, 2.05) is 0 Å². The lowest BCUT2D eigenvalue weighted by molar-refractivity contribution is 0.292. The lowest BCUT2D eigenvalue weighted by Gasteiger charge is -2.29. The minimum atomic E-state index is 0.489. The third-order valence-electron chi connectivity index (χ3n) is 2.89. The summed E-state index contributed by atoms with van der Waals surface area (Å²) in [6.45, 7) is 5.27. The van der Waals surface area contributed by atoms with E-state index in [1.165, 1.54) is 25.7 Å². The summed E-state index contributed by atoms with van der Waals surface area (Å²) in [6, 6.07) is 1.23. The third-order valence-corrected chi connectivity index (χ3v) is 2.89. The Hall–Kier alpha value is -0.0800. The molecule has 0 aromatic carbocycles. The molecular formula is C10H22N2. The largest absolute Gasteiger partial charge is 0.329 e. The van der Waals surface area contributed by atoms with Gasteiger partial charge in [0.05, 0.1) is 0 Å². The first-order chi connectivity index (χ1) is 5.72. The van der Waals surface area contributed by atoms with Gasteiger partial charge < -0.3 is 11.1 Å². The first kappa shape index (κ1) is 10.0. The molecule has 1 aliphatic rings. The second-order valence-electron chi connectivity index (χ2n) is 4.26. The summed E-state index contributed by atoms with van der Waals surface area (Å²) in [7, 11) is 0. The topological polar surface area (TPSA) is 38.0 Å². The molecule has 1 unspecified atom stereocenters. The van der Waals surface area contributed by atoms with Crippen LogP contribution in [0.4, 0.5) is 0 Å². The van der Waals surface area contributed by atoms with Crippen LogP contribution in [0.15, 0.2) is 0 Å². The summed E-state index contributed by atoms with van der Waals surface area (Å²) in [5, 5.41) is 3.56. The van der Waals surface area contributed by atoms with Crippen LogP contribution >= 0.6 is 0 Å². The van der Waals surface area contributed by atoms with Gasteiger partial charge in [0, 0.05) is 18.6 Å². The third kappa shape index (κ3) is 3.11. The van der Waals surface area contributed by atoms with Gasteiger partial charge >= 0.3 is 0 Å². The molecule has 1 fully saturated rings. The van der Waals surface area contributed by atoms with Gasteiger partial charge in [0.1, 0.15) is 0 Å². The Morgan fingerprint density at radius 3 is 2.42 bits per heavy atom. The Labute approximate surface area is 75.9 Å². The molecule has 0 radical (unpaired) electrons. The van der Waals surface area contributed by atoms with E-state index in [2.05, 4.69) is 19.2 Å². The Balaban J connectivity index is 2.17. The maximum absolute atomic E-state index is 5.55. The minimum absolute atomic E-state index is 0.489. The molecular weight excluding hydrogens is 148 g/mol. The Morgan fingerprint density at radius 1 is 1.33 bits per heavy atom. The van der Waals surface area contributed by atoms with Gasteiger partial charge in [-0.1, -0.05) is 6.92 Å². The van der Waals surface area contributed by atoms with Crippen LogP contribution in [0.2, 0.25) is 0 Å². The van der Waals surface area contributed by atoms with Crippen molar-refractivity contribution in [3.05, 3.63) is 0 Å².